The molecule has 0 saturated carbocycles. The van der Waals surface area contributed by atoms with Gasteiger partial charge in [-0.05, 0) is 45.7 Å². The summed E-state index contributed by atoms with van der Waals surface area (Å²) in [7, 11) is 0. The summed E-state index contributed by atoms with van der Waals surface area (Å²) in [4.78, 5) is 25.7. The van der Waals surface area contributed by atoms with Crippen molar-refractivity contribution in [2.24, 2.45) is 0 Å². The van der Waals surface area contributed by atoms with Crippen molar-refractivity contribution in [1.29, 1.82) is 0 Å². The number of rotatable bonds is 5. The van der Waals surface area contributed by atoms with Crippen LogP contribution in [0.25, 0.3) is 0 Å². The Hall–Kier alpha value is -2.16. The number of hydrogen-bond donors (Lipinski definition) is 0. The molecule has 3 nitrogen and oxygen atoms in total. The number of carbonyl (C=O) groups is 2. The van der Waals surface area contributed by atoms with Gasteiger partial charge in [-0.3, -0.25) is 14.5 Å². The second-order valence-electron chi connectivity index (χ2n) is 5.64. The zero-order valence-electron chi connectivity index (χ0n) is 12.8. The van der Waals surface area contributed by atoms with Crippen LogP contribution in [0.3, 0.4) is 0 Å². The first-order chi connectivity index (χ1) is 10.0. The molecule has 1 heterocycles. The summed E-state index contributed by atoms with van der Waals surface area (Å²) in [6, 6.07) is 6.99. The summed E-state index contributed by atoms with van der Waals surface area (Å²) in [6.45, 7) is 6.56. The van der Waals surface area contributed by atoms with Crippen molar-refractivity contribution in [3.63, 3.8) is 0 Å². The van der Waals surface area contributed by atoms with Crippen molar-refractivity contribution in [2.45, 2.75) is 33.6 Å². The zero-order chi connectivity index (χ0) is 15.4. The lowest BCUT2D eigenvalue weighted by Gasteiger charge is -2.11. The summed E-state index contributed by atoms with van der Waals surface area (Å²) in [5, 5.41) is 0. The van der Waals surface area contributed by atoms with Crippen LogP contribution in [0.5, 0.6) is 0 Å². The quantitative estimate of drug-likeness (QED) is 0.605. The van der Waals surface area contributed by atoms with E-state index in [0.29, 0.717) is 17.7 Å². The molecule has 0 spiro atoms. The molecule has 0 bridgehead atoms. The van der Waals surface area contributed by atoms with Crippen LogP contribution in [0.15, 0.2) is 47.6 Å². The van der Waals surface area contributed by atoms with E-state index in [4.69, 9.17) is 0 Å². The number of benzene rings is 1. The standard InChI is InChI=1S/C18H21NO2/c1-13(2)7-6-8-14(3)11-12-19-17(20)15-9-4-5-10-16(15)18(19)21/h4-5,7,9-11H,6,8,12H2,1-3H3/b14-11-. The average Bonchev–Trinajstić information content (AvgIpc) is 2.69. The van der Waals surface area contributed by atoms with Crippen molar-refractivity contribution < 1.29 is 9.59 Å². The van der Waals surface area contributed by atoms with E-state index in [2.05, 4.69) is 19.9 Å². The first-order valence-corrected chi connectivity index (χ1v) is 7.25. The lowest BCUT2D eigenvalue weighted by molar-refractivity contribution is 0.0672. The Morgan fingerprint density at radius 3 is 2.10 bits per heavy atom. The summed E-state index contributed by atoms with van der Waals surface area (Å²) >= 11 is 0. The van der Waals surface area contributed by atoms with Gasteiger partial charge in [-0.15, -0.1) is 0 Å². The topological polar surface area (TPSA) is 37.4 Å². The van der Waals surface area contributed by atoms with Gasteiger partial charge in [0.15, 0.2) is 0 Å². The van der Waals surface area contributed by atoms with E-state index in [1.54, 1.807) is 24.3 Å². The maximum Gasteiger partial charge on any atom is 0.261 e. The van der Waals surface area contributed by atoms with Gasteiger partial charge in [0.2, 0.25) is 0 Å². The molecule has 2 rings (SSSR count). The first kappa shape index (κ1) is 15.2. The Morgan fingerprint density at radius 2 is 1.57 bits per heavy atom. The second-order valence-corrected chi connectivity index (χ2v) is 5.64. The Labute approximate surface area is 126 Å². The Morgan fingerprint density at radius 1 is 1.00 bits per heavy atom. The molecule has 0 aliphatic carbocycles. The average molecular weight is 283 g/mol. The Balaban J connectivity index is 2.00. The van der Waals surface area contributed by atoms with E-state index < -0.39 is 0 Å². The molecule has 1 aliphatic heterocycles. The summed E-state index contributed by atoms with van der Waals surface area (Å²) < 4.78 is 0. The molecule has 1 aromatic carbocycles. The number of amides is 2. The molecule has 110 valence electrons. The van der Waals surface area contributed by atoms with E-state index in [9.17, 15) is 9.59 Å². The Kier molecular flexibility index (Phi) is 4.73. The highest BCUT2D eigenvalue weighted by Crippen LogP contribution is 2.22. The van der Waals surface area contributed by atoms with Crippen molar-refractivity contribution in [2.75, 3.05) is 6.54 Å². The van der Waals surface area contributed by atoms with Crippen LogP contribution >= 0.6 is 0 Å². The van der Waals surface area contributed by atoms with Gasteiger partial charge in [-0.25, -0.2) is 0 Å². The van der Waals surface area contributed by atoms with Crippen molar-refractivity contribution in [3.05, 3.63) is 58.7 Å². The van der Waals surface area contributed by atoms with Crippen LogP contribution in [0, 0.1) is 0 Å². The second kappa shape index (κ2) is 6.53. The van der Waals surface area contributed by atoms with Crippen LogP contribution in [-0.2, 0) is 0 Å². The van der Waals surface area contributed by atoms with Crippen molar-refractivity contribution >= 4 is 11.8 Å². The molecule has 0 aromatic heterocycles. The van der Waals surface area contributed by atoms with Crippen LogP contribution < -0.4 is 0 Å². The fourth-order valence-electron chi connectivity index (χ4n) is 2.34. The van der Waals surface area contributed by atoms with E-state index in [1.165, 1.54) is 16.0 Å². The first-order valence-electron chi connectivity index (χ1n) is 7.25. The molecule has 0 saturated heterocycles. The summed E-state index contributed by atoms with van der Waals surface area (Å²) in [5.41, 5.74) is 3.53. The van der Waals surface area contributed by atoms with E-state index in [1.807, 2.05) is 13.0 Å². The highest BCUT2D eigenvalue weighted by Gasteiger charge is 2.34. The van der Waals surface area contributed by atoms with Crippen LogP contribution in [0.2, 0.25) is 0 Å². The van der Waals surface area contributed by atoms with Crippen LogP contribution in [0.4, 0.5) is 0 Å². The molecular formula is C18H21NO2. The minimum atomic E-state index is -0.191. The SMILES string of the molecule is CC(C)=CCC/C(C)=C\CN1C(=O)c2ccccc2C1=O. The van der Waals surface area contributed by atoms with E-state index in [0.717, 1.165) is 12.8 Å². The molecule has 0 radical (unpaired) electrons. The van der Waals surface area contributed by atoms with E-state index in [-0.39, 0.29) is 11.8 Å². The molecular weight excluding hydrogens is 262 g/mol. The number of imide groups is 1. The number of allylic oxidation sites excluding steroid dienone is 3. The molecule has 0 N–H and O–H groups in total. The number of fused-ring (bicyclic) bond motifs is 1. The van der Waals surface area contributed by atoms with E-state index >= 15 is 0 Å². The minimum Gasteiger partial charge on any atom is -0.270 e. The third-order valence-corrected chi connectivity index (χ3v) is 3.59. The Bertz CT molecular complexity index is 587. The lowest BCUT2D eigenvalue weighted by atomic mass is 10.1. The predicted molar refractivity (Wildman–Crippen MR) is 84.2 cm³/mol. The van der Waals surface area contributed by atoms with Gasteiger partial charge in [0.05, 0.1) is 11.1 Å². The number of hydrogen-bond acceptors (Lipinski definition) is 2. The third kappa shape index (κ3) is 3.48. The largest absolute Gasteiger partial charge is 0.270 e. The molecule has 1 aliphatic rings. The highest BCUT2D eigenvalue weighted by molar-refractivity contribution is 6.21. The summed E-state index contributed by atoms with van der Waals surface area (Å²) in [6.07, 6.45) is 6.11. The molecule has 2 amide bonds. The monoisotopic (exact) mass is 283 g/mol. The molecule has 1 aromatic rings. The summed E-state index contributed by atoms with van der Waals surface area (Å²) in [5.74, 6) is -0.382. The zero-order valence-corrected chi connectivity index (χ0v) is 12.8. The smallest absolute Gasteiger partial charge is 0.261 e. The fraction of sp³-hybridized carbons (Fsp3) is 0.333. The normalized spacial score (nSPS) is 14.4. The number of nitrogens with zero attached hydrogens (tertiary/aromatic N) is 1. The van der Waals surface area contributed by atoms with Crippen LogP contribution in [-0.4, -0.2) is 23.3 Å². The maximum absolute atomic E-state index is 12.2. The van der Waals surface area contributed by atoms with Crippen molar-refractivity contribution in [1.82, 2.24) is 4.90 Å². The molecule has 21 heavy (non-hydrogen) atoms. The highest BCUT2D eigenvalue weighted by atomic mass is 16.2. The molecule has 0 unspecified atom stereocenters. The van der Waals surface area contributed by atoms with Gasteiger partial charge in [0.25, 0.3) is 11.8 Å². The van der Waals surface area contributed by atoms with Gasteiger partial charge in [-0.2, -0.15) is 0 Å². The predicted octanol–water partition coefficient (Wildman–Crippen LogP) is 3.98. The third-order valence-electron chi connectivity index (χ3n) is 3.59. The fourth-order valence-corrected chi connectivity index (χ4v) is 2.34. The van der Waals surface area contributed by atoms with Crippen LogP contribution in [0.1, 0.15) is 54.3 Å². The molecule has 3 heteroatoms. The maximum atomic E-state index is 12.2. The lowest BCUT2D eigenvalue weighted by Crippen LogP contribution is -2.29. The van der Waals surface area contributed by atoms with Gasteiger partial charge >= 0.3 is 0 Å². The molecule has 0 atom stereocenters. The van der Waals surface area contributed by atoms with Gasteiger partial charge in [0, 0.05) is 6.54 Å². The van der Waals surface area contributed by atoms with Gasteiger partial charge in [-0.1, -0.05) is 35.4 Å². The van der Waals surface area contributed by atoms with Gasteiger partial charge in [0.1, 0.15) is 0 Å². The van der Waals surface area contributed by atoms with Crippen molar-refractivity contribution in [3.8, 4) is 0 Å². The molecule has 0 fully saturated rings. The number of carbonyl (C=O) groups excluding carboxylic acids is 2. The van der Waals surface area contributed by atoms with Gasteiger partial charge < -0.3 is 0 Å². The minimum absolute atomic E-state index is 0.191.